The molecule has 0 aliphatic heterocycles. The first-order valence-corrected chi connectivity index (χ1v) is 4.14. The molecule has 0 unspecified atom stereocenters. The molecule has 12 heavy (non-hydrogen) atoms. The minimum Gasteiger partial charge on any atom is -0.222 e. The van der Waals surface area contributed by atoms with Gasteiger partial charge in [-0.05, 0) is 17.7 Å². The van der Waals surface area contributed by atoms with Gasteiger partial charge < -0.3 is 0 Å². The molecule has 0 saturated carbocycles. The number of rotatable bonds is 1. The maximum Gasteiger partial charge on any atom is 0.231 e. The van der Waals surface area contributed by atoms with E-state index in [0.717, 1.165) is 16.9 Å². The zero-order chi connectivity index (χ0) is 9.40. The van der Waals surface area contributed by atoms with Crippen LogP contribution in [0.5, 0.6) is 0 Å². The molecule has 4 heteroatoms. The molecule has 1 N–H and O–H groups in total. The summed E-state index contributed by atoms with van der Waals surface area (Å²) in [4.78, 5) is 8.35. The zero-order valence-corrected chi connectivity index (χ0v) is 7.90. The molecule has 0 aromatic heterocycles. The lowest BCUT2D eigenvalue weighted by atomic mass is 10.2. The minimum absolute atomic E-state index is 0.750. The normalized spacial score (nSPS) is 7.83. The number of thiol groups is 1. The molecule has 0 aliphatic carbocycles. The molecule has 0 atom stereocenters. The van der Waals surface area contributed by atoms with Crippen LogP contribution in [-0.4, -0.2) is 6.08 Å². The Hall–Kier alpha value is -0.760. The second-order valence-corrected chi connectivity index (χ2v) is 2.64. The molecule has 1 aromatic rings. The summed E-state index contributed by atoms with van der Waals surface area (Å²) < 4.78 is 0. The molecule has 0 fully saturated rings. The van der Waals surface area contributed by atoms with Crippen molar-refractivity contribution < 1.29 is 4.79 Å². The van der Waals surface area contributed by atoms with Gasteiger partial charge in [-0.3, -0.25) is 0 Å². The second-order valence-electron chi connectivity index (χ2n) is 1.89. The van der Waals surface area contributed by atoms with Crippen LogP contribution in [0.2, 0.25) is 5.02 Å². The summed E-state index contributed by atoms with van der Waals surface area (Å²) in [5.74, 6) is 0.775. The molecule has 0 radical (unpaired) electrons. The zero-order valence-electron chi connectivity index (χ0n) is 6.25. The van der Waals surface area contributed by atoms with Gasteiger partial charge in [0.1, 0.15) is 0 Å². The number of hydrogen-bond donors (Lipinski definition) is 2. The Morgan fingerprint density at radius 3 is 2.17 bits per heavy atom. The van der Waals surface area contributed by atoms with E-state index in [1.54, 1.807) is 0 Å². The summed E-state index contributed by atoms with van der Waals surface area (Å²) in [6.07, 6.45) is 0.750. The molecular weight excluding hydrogens is 194 g/mol. The molecular formula is C8H8ClNOS. The third-order valence-corrected chi connectivity index (χ3v) is 1.71. The highest BCUT2D eigenvalue weighted by Gasteiger charge is 1.86. The SMILES string of the molecule is N=C=O.SCc1ccc(Cl)cc1. The average molecular weight is 202 g/mol. The number of isocyanates is 1. The maximum atomic E-state index is 8.35. The van der Waals surface area contributed by atoms with Crippen LogP contribution >= 0.6 is 24.2 Å². The lowest BCUT2D eigenvalue weighted by molar-refractivity contribution is 0.563. The fourth-order valence-corrected chi connectivity index (χ4v) is 0.927. The van der Waals surface area contributed by atoms with Gasteiger partial charge in [0.25, 0.3) is 0 Å². The van der Waals surface area contributed by atoms with Gasteiger partial charge in [-0.25, -0.2) is 10.2 Å². The van der Waals surface area contributed by atoms with Crippen molar-refractivity contribution in [2.75, 3.05) is 0 Å². The Kier molecular flexibility index (Phi) is 6.48. The van der Waals surface area contributed by atoms with Gasteiger partial charge in [0.05, 0.1) is 0 Å². The van der Waals surface area contributed by atoms with Gasteiger partial charge in [0.15, 0.2) is 0 Å². The van der Waals surface area contributed by atoms with Gasteiger partial charge in [-0.2, -0.15) is 12.6 Å². The first-order valence-electron chi connectivity index (χ1n) is 3.13. The van der Waals surface area contributed by atoms with Crippen molar-refractivity contribution in [3.63, 3.8) is 0 Å². The molecule has 1 rings (SSSR count). The van der Waals surface area contributed by atoms with E-state index in [1.807, 2.05) is 24.3 Å². The first kappa shape index (κ1) is 11.2. The fraction of sp³-hybridized carbons (Fsp3) is 0.125. The van der Waals surface area contributed by atoms with E-state index >= 15 is 0 Å². The van der Waals surface area contributed by atoms with E-state index in [2.05, 4.69) is 12.6 Å². The molecule has 2 nitrogen and oxygen atoms in total. The summed E-state index contributed by atoms with van der Waals surface area (Å²) in [6.45, 7) is 0. The third-order valence-electron chi connectivity index (χ3n) is 1.10. The summed E-state index contributed by atoms with van der Waals surface area (Å²) in [5.41, 5.74) is 1.20. The van der Waals surface area contributed by atoms with E-state index in [-0.39, 0.29) is 0 Å². The maximum absolute atomic E-state index is 8.35. The van der Waals surface area contributed by atoms with E-state index < -0.39 is 0 Å². The summed E-state index contributed by atoms with van der Waals surface area (Å²) in [7, 11) is 0. The Bertz CT molecular complexity index is 254. The van der Waals surface area contributed by atoms with Gasteiger partial charge in [0.2, 0.25) is 6.08 Å². The number of carbonyl (C=O) groups excluding carboxylic acids is 1. The van der Waals surface area contributed by atoms with Crippen molar-refractivity contribution >= 4 is 30.3 Å². The summed E-state index contributed by atoms with van der Waals surface area (Å²) in [6, 6.07) is 7.67. The quantitative estimate of drug-likeness (QED) is 0.410. The van der Waals surface area contributed by atoms with Crippen LogP contribution in [0.15, 0.2) is 24.3 Å². The molecule has 0 heterocycles. The predicted octanol–water partition coefficient (Wildman–Crippen LogP) is 2.67. The van der Waals surface area contributed by atoms with E-state index in [0.29, 0.717) is 0 Å². The Labute approximate surface area is 81.5 Å². The highest BCUT2D eigenvalue weighted by atomic mass is 35.5. The minimum atomic E-state index is 0.750. The molecule has 0 saturated heterocycles. The molecule has 0 bridgehead atoms. The molecule has 0 spiro atoms. The van der Waals surface area contributed by atoms with E-state index in [9.17, 15) is 0 Å². The monoisotopic (exact) mass is 201 g/mol. The Morgan fingerprint density at radius 2 is 1.83 bits per heavy atom. The van der Waals surface area contributed by atoms with Crippen molar-refractivity contribution in [3.8, 4) is 0 Å². The number of hydrogen-bond acceptors (Lipinski definition) is 3. The van der Waals surface area contributed by atoms with Gasteiger partial charge in [-0.15, -0.1) is 0 Å². The van der Waals surface area contributed by atoms with E-state index in [4.69, 9.17) is 21.8 Å². The van der Waals surface area contributed by atoms with Crippen LogP contribution in [0.25, 0.3) is 0 Å². The highest BCUT2D eigenvalue weighted by molar-refractivity contribution is 7.79. The summed E-state index contributed by atoms with van der Waals surface area (Å²) >= 11 is 9.74. The lowest BCUT2D eigenvalue weighted by Crippen LogP contribution is -1.73. The molecule has 64 valence electrons. The topological polar surface area (TPSA) is 40.9 Å². The second kappa shape index (κ2) is 6.92. The van der Waals surface area contributed by atoms with Crippen molar-refractivity contribution in [1.29, 1.82) is 5.41 Å². The predicted molar refractivity (Wildman–Crippen MR) is 52.6 cm³/mol. The van der Waals surface area contributed by atoms with Gasteiger partial charge in [0, 0.05) is 10.8 Å². The number of benzene rings is 1. The molecule has 0 amide bonds. The average Bonchev–Trinajstić information content (AvgIpc) is 2.07. The molecule has 1 aromatic carbocycles. The first-order chi connectivity index (χ1) is 5.74. The Morgan fingerprint density at radius 1 is 1.42 bits per heavy atom. The smallest absolute Gasteiger partial charge is 0.222 e. The Balaban J connectivity index is 0.000000354. The van der Waals surface area contributed by atoms with Crippen LogP contribution in [0.1, 0.15) is 5.56 Å². The lowest BCUT2D eigenvalue weighted by Gasteiger charge is -1.92. The number of nitrogens with one attached hydrogen (secondary N) is 1. The van der Waals surface area contributed by atoms with Crippen molar-refractivity contribution in [2.45, 2.75) is 5.75 Å². The van der Waals surface area contributed by atoms with Crippen molar-refractivity contribution in [2.24, 2.45) is 0 Å². The van der Waals surface area contributed by atoms with Crippen LogP contribution in [-0.2, 0) is 10.5 Å². The van der Waals surface area contributed by atoms with Crippen LogP contribution in [0.3, 0.4) is 0 Å². The van der Waals surface area contributed by atoms with Crippen molar-refractivity contribution in [3.05, 3.63) is 34.9 Å². The summed E-state index contributed by atoms with van der Waals surface area (Å²) in [5, 5.41) is 6.18. The van der Waals surface area contributed by atoms with Crippen LogP contribution < -0.4 is 0 Å². The van der Waals surface area contributed by atoms with Crippen molar-refractivity contribution in [1.82, 2.24) is 0 Å². The highest BCUT2D eigenvalue weighted by Crippen LogP contribution is 2.10. The van der Waals surface area contributed by atoms with Crippen LogP contribution in [0.4, 0.5) is 0 Å². The van der Waals surface area contributed by atoms with E-state index in [1.165, 1.54) is 5.56 Å². The molecule has 0 aliphatic rings. The number of halogens is 1. The fourth-order valence-electron chi connectivity index (χ4n) is 0.590. The standard InChI is InChI=1S/C7H7ClS.CHNO/c8-7-3-1-6(5-9)2-4-7;2-1-3/h1-4,9H,5H2;2H. The van der Waals surface area contributed by atoms with Gasteiger partial charge >= 0.3 is 0 Å². The largest absolute Gasteiger partial charge is 0.231 e. The van der Waals surface area contributed by atoms with Gasteiger partial charge in [-0.1, -0.05) is 23.7 Å². The van der Waals surface area contributed by atoms with Crippen LogP contribution in [0, 0.1) is 5.41 Å². The third kappa shape index (κ3) is 4.97.